The summed E-state index contributed by atoms with van der Waals surface area (Å²) in [6.45, 7) is 7.68. The van der Waals surface area contributed by atoms with Gasteiger partial charge in [-0.1, -0.05) is 26.0 Å². The van der Waals surface area contributed by atoms with Crippen LogP contribution in [0.1, 0.15) is 32.8 Å². The van der Waals surface area contributed by atoms with Crippen LogP contribution in [0.2, 0.25) is 0 Å². The summed E-state index contributed by atoms with van der Waals surface area (Å²) in [6, 6.07) is 7.21. The molecule has 1 aromatic carbocycles. The van der Waals surface area contributed by atoms with Crippen molar-refractivity contribution in [1.82, 2.24) is 5.32 Å². The zero-order chi connectivity index (χ0) is 12.0. The smallest absolute Gasteiger partial charge is 0.123 e. The molecule has 0 radical (unpaired) electrons. The third kappa shape index (κ3) is 5.26. The number of benzene rings is 1. The minimum absolute atomic E-state index is 0.163. The fourth-order valence-corrected chi connectivity index (χ4v) is 1.66. The molecule has 0 heterocycles. The first-order valence-electron chi connectivity index (χ1n) is 6.05. The minimum Gasteiger partial charge on any atom is -0.314 e. The van der Waals surface area contributed by atoms with Crippen LogP contribution < -0.4 is 5.32 Å². The van der Waals surface area contributed by atoms with Crippen molar-refractivity contribution in [3.8, 4) is 0 Å². The van der Waals surface area contributed by atoms with E-state index < -0.39 is 0 Å². The summed E-state index contributed by atoms with van der Waals surface area (Å²) < 4.78 is 12.7. The molecular formula is C14H22FN. The Balaban J connectivity index is 2.28. The zero-order valence-corrected chi connectivity index (χ0v) is 10.5. The Morgan fingerprint density at radius 3 is 2.31 bits per heavy atom. The van der Waals surface area contributed by atoms with Crippen LogP contribution in [0, 0.1) is 11.7 Å². The standard InChI is InChI=1S/C14H22FN/c1-11(2)8-9-16-12(3)10-13-4-6-14(15)7-5-13/h4-7,11-12,16H,8-10H2,1-3H3. The summed E-state index contributed by atoms with van der Waals surface area (Å²) in [5, 5.41) is 3.48. The van der Waals surface area contributed by atoms with Crippen LogP contribution in [0.4, 0.5) is 4.39 Å². The number of hydrogen-bond donors (Lipinski definition) is 1. The van der Waals surface area contributed by atoms with E-state index in [0.29, 0.717) is 6.04 Å². The maximum atomic E-state index is 12.7. The van der Waals surface area contributed by atoms with Gasteiger partial charge in [-0.25, -0.2) is 4.39 Å². The molecule has 0 aliphatic heterocycles. The summed E-state index contributed by atoms with van der Waals surface area (Å²) in [6.07, 6.45) is 2.16. The van der Waals surface area contributed by atoms with E-state index in [1.54, 1.807) is 0 Å². The van der Waals surface area contributed by atoms with Crippen molar-refractivity contribution in [1.29, 1.82) is 0 Å². The van der Waals surface area contributed by atoms with E-state index >= 15 is 0 Å². The largest absolute Gasteiger partial charge is 0.314 e. The molecule has 0 bridgehead atoms. The van der Waals surface area contributed by atoms with Gasteiger partial charge < -0.3 is 5.32 Å². The molecule has 16 heavy (non-hydrogen) atoms. The van der Waals surface area contributed by atoms with Crippen molar-refractivity contribution in [2.75, 3.05) is 6.54 Å². The van der Waals surface area contributed by atoms with Gasteiger partial charge in [0.15, 0.2) is 0 Å². The second-order valence-corrected chi connectivity index (χ2v) is 4.87. The molecule has 0 saturated carbocycles. The second-order valence-electron chi connectivity index (χ2n) is 4.87. The quantitative estimate of drug-likeness (QED) is 0.779. The monoisotopic (exact) mass is 223 g/mol. The minimum atomic E-state index is -0.163. The predicted molar refractivity (Wildman–Crippen MR) is 67.0 cm³/mol. The number of halogens is 1. The Labute approximate surface area is 98.1 Å². The maximum absolute atomic E-state index is 12.7. The van der Waals surface area contributed by atoms with Crippen molar-refractivity contribution in [2.45, 2.75) is 39.7 Å². The van der Waals surface area contributed by atoms with Crippen molar-refractivity contribution >= 4 is 0 Å². The van der Waals surface area contributed by atoms with E-state index in [4.69, 9.17) is 0 Å². The van der Waals surface area contributed by atoms with Gasteiger partial charge in [-0.3, -0.25) is 0 Å². The first-order valence-corrected chi connectivity index (χ1v) is 6.05. The summed E-state index contributed by atoms with van der Waals surface area (Å²) in [5.41, 5.74) is 1.19. The van der Waals surface area contributed by atoms with Crippen molar-refractivity contribution in [3.05, 3.63) is 35.6 Å². The normalized spacial score (nSPS) is 13.1. The van der Waals surface area contributed by atoms with Gasteiger partial charge in [-0.05, 0) is 49.9 Å². The van der Waals surface area contributed by atoms with Crippen molar-refractivity contribution in [3.63, 3.8) is 0 Å². The summed E-state index contributed by atoms with van der Waals surface area (Å²) in [7, 11) is 0. The van der Waals surface area contributed by atoms with Crippen LogP contribution in [0.15, 0.2) is 24.3 Å². The lowest BCUT2D eigenvalue weighted by atomic mass is 10.1. The Kier molecular flexibility index (Phi) is 5.47. The highest BCUT2D eigenvalue weighted by Crippen LogP contribution is 2.06. The highest BCUT2D eigenvalue weighted by atomic mass is 19.1. The first-order chi connectivity index (χ1) is 7.58. The Morgan fingerprint density at radius 1 is 1.12 bits per heavy atom. The first kappa shape index (κ1) is 13.2. The highest BCUT2D eigenvalue weighted by molar-refractivity contribution is 5.16. The van der Waals surface area contributed by atoms with Crippen LogP contribution in [0.25, 0.3) is 0 Å². The SMILES string of the molecule is CC(C)CCNC(C)Cc1ccc(F)cc1. The van der Waals surface area contributed by atoms with Gasteiger partial charge >= 0.3 is 0 Å². The van der Waals surface area contributed by atoms with Crippen molar-refractivity contribution < 1.29 is 4.39 Å². The Bertz CT molecular complexity index is 292. The third-order valence-electron chi connectivity index (χ3n) is 2.67. The van der Waals surface area contributed by atoms with Crippen LogP contribution in [-0.2, 0) is 6.42 Å². The highest BCUT2D eigenvalue weighted by Gasteiger charge is 2.03. The molecule has 1 unspecified atom stereocenters. The van der Waals surface area contributed by atoms with Crippen LogP contribution >= 0.6 is 0 Å². The lowest BCUT2D eigenvalue weighted by Crippen LogP contribution is -2.29. The van der Waals surface area contributed by atoms with E-state index in [1.807, 2.05) is 12.1 Å². The molecule has 0 amide bonds. The number of rotatable bonds is 6. The number of hydrogen-bond acceptors (Lipinski definition) is 1. The summed E-state index contributed by atoms with van der Waals surface area (Å²) in [5.74, 6) is 0.578. The van der Waals surface area contributed by atoms with Gasteiger partial charge in [0.05, 0.1) is 0 Å². The predicted octanol–water partition coefficient (Wildman–Crippen LogP) is 3.39. The third-order valence-corrected chi connectivity index (χ3v) is 2.67. The Hall–Kier alpha value is -0.890. The van der Waals surface area contributed by atoms with Gasteiger partial charge in [0, 0.05) is 6.04 Å². The molecule has 0 spiro atoms. The molecule has 90 valence electrons. The summed E-state index contributed by atoms with van der Waals surface area (Å²) in [4.78, 5) is 0. The van der Waals surface area contributed by atoms with Gasteiger partial charge in [0.25, 0.3) is 0 Å². The van der Waals surface area contributed by atoms with Crippen LogP contribution in [-0.4, -0.2) is 12.6 Å². The van der Waals surface area contributed by atoms with E-state index in [0.717, 1.165) is 18.9 Å². The molecule has 1 aromatic rings. The van der Waals surface area contributed by atoms with Crippen LogP contribution in [0.5, 0.6) is 0 Å². The molecule has 0 aromatic heterocycles. The van der Waals surface area contributed by atoms with E-state index in [1.165, 1.54) is 24.1 Å². The van der Waals surface area contributed by atoms with Gasteiger partial charge in [0.2, 0.25) is 0 Å². The average Bonchev–Trinajstić information content (AvgIpc) is 2.21. The van der Waals surface area contributed by atoms with Gasteiger partial charge in [-0.2, -0.15) is 0 Å². The van der Waals surface area contributed by atoms with E-state index in [2.05, 4.69) is 26.1 Å². The fourth-order valence-electron chi connectivity index (χ4n) is 1.66. The van der Waals surface area contributed by atoms with Crippen molar-refractivity contribution in [2.24, 2.45) is 5.92 Å². The maximum Gasteiger partial charge on any atom is 0.123 e. The van der Waals surface area contributed by atoms with E-state index in [-0.39, 0.29) is 5.82 Å². The topological polar surface area (TPSA) is 12.0 Å². The lowest BCUT2D eigenvalue weighted by Gasteiger charge is -2.14. The summed E-state index contributed by atoms with van der Waals surface area (Å²) >= 11 is 0. The van der Waals surface area contributed by atoms with Crippen LogP contribution in [0.3, 0.4) is 0 Å². The van der Waals surface area contributed by atoms with E-state index in [9.17, 15) is 4.39 Å². The lowest BCUT2D eigenvalue weighted by molar-refractivity contribution is 0.485. The Morgan fingerprint density at radius 2 is 1.75 bits per heavy atom. The molecule has 0 saturated heterocycles. The molecule has 0 aliphatic rings. The zero-order valence-electron chi connectivity index (χ0n) is 10.5. The molecule has 1 atom stereocenters. The molecule has 2 heteroatoms. The number of nitrogens with one attached hydrogen (secondary N) is 1. The molecule has 1 rings (SSSR count). The molecule has 0 fully saturated rings. The molecule has 1 nitrogen and oxygen atoms in total. The fraction of sp³-hybridized carbons (Fsp3) is 0.571. The molecule has 0 aliphatic carbocycles. The van der Waals surface area contributed by atoms with Gasteiger partial charge in [-0.15, -0.1) is 0 Å². The second kappa shape index (κ2) is 6.64. The van der Waals surface area contributed by atoms with Gasteiger partial charge in [0.1, 0.15) is 5.82 Å². The molecule has 1 N–H and O–H groups in total. The average molecular weight is 223 g/mol. The molecular weight excluding hydrogens is 201 g/mol.